The second-order valence-electron chi connectivity index (χ2n) is 5.73. The Morgan fingerprint density at radius 3 is 3.00 bits per heavy atom. The molecular weight excluding hydrogens is 234 g/mol. The van der Waals surface area contributed by atoms with Crippen LogP contribution in [0.25, 0.3) is 0 Å². The standard InChI is InChI=1S/C17H27NO/c1-3-15-7-5-9-17(13-15)19-11-10-18-16-8-4-6-14(2)12-16/h4,6,8,12,15,17-18H,3,5,7,9-11,13H2,1-2H3. The van der Waals surface area contributed by atoms with Gasteiger partial charge >= 0.3 is 0 Å². The number of hydrogen-bond donors (Lipinski definition) is 1. The fraction of sp³-hybridized carbons (Fsp3) is 0.647. The Morgan fingerprint density at radius 2 is 2.21 bits per heavy atom. The largest absolute Gasteiger partial charge is 0.383 e. The topological polar surface area (TPSA) is 21.3 Å². The molecule has 106 valence electrons. The van der Waals surface area contributed by atoms with Gasteiger partial charge in [0.2, 0.25) is 0 Å². The molecule has 0 saturated heterocycles. The number of nitrogens with one attached hydrogen (secondary N) is 1. The molecule has 2 nitrogen and oxygen atoms in total. The van der Waals surface area contributed by atoms with Crippen LogP contribution in [0.3, 0.4) is 0 Å². The monoisotopic (exact) mass is 261 g/mol. The summed E-state index contributed by atoms with van der Waals surface area (Å²) in [4.78, 5) is 0. The zero-order valence-electron chi connectivity index (χ0n) is 12.3. The molecule has 2 heteroatoms. The van der Waals surface area contributed by atoms with E-state index in [4.69, 9.17) is 4.74 Å². The SMILES string of the molecule is CCC1CCCC(OCCNc2cccc(C)c2)C1. The van der Waals surface area contributed by atoms with Crippen molar-refractivity contribution in [3.05, 3.63) is 29.8 Å². The summed E-state index contributed by atoms with van der Waals surface area (Å²) >= 11 is 0. The van der Waals surface area contributed by atoms with Gasteiger partial charge in [-0.1, -0.05) is 38.3 Å². The Bertz CT molecular complexity index is 377. The molecule has 1 aliphatic rings. The van der Waals surface area contributed by atoms with Crippen LogP contribution in [0.2, 0.25) is 0 Å². The van der Waals surface area contributed by atoms with E-state index in [1.807, 2.05) is 0 Å². The van der Waals surface area contributed by atoms with Gasteiger partial charge in [-0.2, -0.15) is 0 Å². The second kappa shape index (κ2) is 7.54. The van der Waals surface area contributed by atoms with Gasteiger partial charge < -0.3 is 10.1 Å². The van der Waals surface area contributed by atoms with Crippen molar-refractivity contribution in [1.82, 2.24) is 0 Å². The van der Waals surface area contributed by atoms with Gasteiger partial charge in [-0.05, 0) is 43.4 Å². The van der Waals surface area contributed by atoms with Gasteiger partial charge in [0.25, 0.3) is 0 Å². The highest BCUT2D eigenvalue weighted by Gasteiger charge is 2.20. The van der Waals surface area contributed by atoms with Crippen LogP contribution in [0.4, 0.5) is 5.69 Å². The number of benzene rings is 1. The van der Waals surface area contributed by atoms with Crippen LogP contribution in [-0.4, -0.2) is 19.3 Å². The third-order valence-corrected chi connectivity index (χ3v) is 4.11. The fourth-order valence-corrected chi connectivity index (χ4v) is 2.94. The molecule has 0 aliphatic heterocycles. The van der Waals surface area contributed by atoms with Crippen LogP contribution < -0.4 is 5.32 Å². The molecular formula is C17H27NO. The molecule has 2 rings (SSSR count). The highest BCUT2D eigenvalue weighted by atomic mass is 16.5. The summed E-state index contributed by atoms with van der Waals surface area (Å²) in [6.45, 7) is 6.13. The lowest BCUT2D eigenvalue weighted by Crippen LogP contribution is -2.24. The smallest absolute Gasteiger partial charge is 0.0642 e. The molecule has 1 saturated carbocycles. The van der Waals surface area contributed by atoms with Crippen molar-refractivity contribution in [2.24, 2.45) is 5.92 Å². The summed E-state index contributed by atoms with van der Waals surface area (Å²) in [5.74, 6) is 0.892. The third-order valence-electron chi connectivity index (χ3n) is 4.11. The summed E-state index contributed by atoms with van der Waals surface area (Å²) in [7, 11) is 0. The Kier molecular flexibility index (Phi) is 5.71. The van der Waals surface area contributed by atoms with Gasteiger partial charge in [-0.3, -0.25) is 0 Å². The summed E-state index contributed by atoms with van der Waals surface area (Å²) in [5, 5.41) is 3.43. The average Bonchev–Trinajstić information content (AvgIpc) is 2.44. The molecule has 2 unspecified atom stereocenters. The zero-order valence-corrected chi connectivity index (χ0v) is 12.3. The maximum absolute atomic E-state index is 6.00. The highest BCUT2D eigenvalue weighted by molar-refractivity contribution is 5.45. The van der Waals surface area contributed by atoms with E-state index < -0.39 is 0 Å². The molecule has 0 heterocycles. The van der Waals surface area contributed by atoms with Gasteiger partial charge in [0.05, 0.1) is 12.7 Å². The fourth-order valence-electron chi connectivity index (χ4n) is 2.94. The Balaban J connectivity index is 1.64. The molecule has 0 radical (unpaired) electrons. The molecule has 0 bridgehead atoms. The van der Waals surface area contributed by atoms with Crippen LogP contribution in [-0.2, 0) is 4.74 Å². The van der Waals surface area contributed by atoms with Crippen molar-refractivity contribution in [2.75, 3.05) is 18.5 Å². The molecule has 0 spiro atoms. The number of anilines is 1. The van der Waals surface area contributed by atoms with Crippen molar-refractivity contribution in [3.8, 4) is 0 Å². The highest BCUT2D eigenvalue weighted by Crippen LogP contribution is 2.28. The molecule has 1 N–H and O–H groups in total. The minimum absolute atomic E-state index is 0.498. The van der Waals surface area contributed by atoms with Gasteiger partial charge in [-0.25, -0.2) is 0 Å². The van der Waals surface area contributed by atoms with Crippen molar-refractivity contribution in [1.29, 1.82) is 0 Å². The Morgan fingerprint density at radius 1 is 1.32 bits per heavy atom. The van der Waals surface area contributed by atoms with Gasteiger partial charge in [-0.15, -0.1) is 0 Å². The van der Waals surface area contributed by atoms with Crippen LogP contribution in [0, 0.1) is 12.8 Å². The lowest BCUT2D eigenvalue weighted by atomic mass is 9.85. The minimum Gasteiger partial charge on any atom is -0.383 e. The summed E-state index contributed by atoms with van der Waals surface area (Å²) in [6, 6.07) is 8.49. The van der Waals surface area contributed by atoms with Crippen LogP contribution in [0.15, 0.2) is 24.3 Å². The molecule has 1 aliphatic carbocycles. The zero-order chi connectivity index (χ0) is 13.5. The number of hydrogen-bond acceptors (Lipinski definition) is 2. The number of rotatable bonds is 6. The van der Waals surface area contributed by atoms with E-state index in [0.717, 1.165) is 19.1 Å². The number of aryl methyl sites for hydroxylation is 1. The van der Waals surface area contributed by atoms with E-state index in [0.29, 0.717) is 6.10 Å². The molecule has 1 aromatic rings. The van der Waals surface area contributed by atoms with E-state index in [1.165, 1.54) is 43.4 Å². The minimum atomic E-state index is 0.498. The molecule has 1 aromatic carbocycles. The van der Waals surface area contributed by atoms with Crippen molar-refractivity contribution in [3.63, 3.8) is 0 Å². The lowest BCUT2D eigenvalue weighted by Gasteiger charge is -2.28. The first-order chi connectivity index (χ1) is 9.28. The molecule has 0 aromatic heterocycles. The number of ether oxygens (including phenoxy) is 1. The van der Waals surface area contributed by atoms with Crippen molar-refractivity contribution < 1.29 is 4.74 Å². The third kappa shape index (κ3) is 4.87. The summed E-state index contributed by atoms with van der Waals surface area (Å²) in [6.07, 6.45) is 7.06. The summed E-state index contributed by atoms with van der Waals surface area (Å²) in [5.41, 5.74) is 2.49. The van der Waals surface area contributed by atoms with Gasteiger partial charge in [0.15, 0.2) is 0 Å². The van der Waals surface area contributed by atoms with Crippen LogP contribution in [0.1, 0.15) is 44.6 Å². The Labute approximate surface area is 117 Å². The van der Waals surface area contributed by atoms with Crippen molar-refractivity contribution >= 4 is 5.69 Å². The first-order valence-corrected chi connectivity index (χ1v) is 7.70. The summed E-state index contributed by atoms with van der Waals surface area (Å²) < 4.78 is 6.00. The molecule has 19 heavy (non-hydrogen) atoms. The quantitative estimate of drug-likeness (QED) is 0.767. The van der Waals surface area contributed by atoms with E-state index >= 15 is 0 Å². The average molecular weight is 261 g/mol. The molecule has 2 atom stereocenters. The van der Waals surface area contributed by atoms with E-state index in [1.54, 1.807) is 0 Å². The predicted molar refractivity (Wildman–Crippen MR) is 81.7 cm³/mol. The maximum atomic E-state index is 6.00. The van der Waals surface area contributed by atoms with E-state index in [-0.39, 0.29) is 0 Å². The van der Waals surface area contributed by atoms with E-state index in [9.17, 15) is 0 Å². The van der Waals surface area contributed by atoms with Gasteiger partial charge in [0.1, 0.15) is 0 Å². The first kappa shape index (κ1) is 14.4. The predicted octanol–water partition coefficient (Wildman–Crippen LogP) is 4.39. The lowest BCUT2D eigenvalue weighted by molar-refractivity contribution is 0.0181. The van der Waals surface area contributed by atoms with Gasteiger partial charge in [0, 0.05) is 12.2 Å². The molecule has 0 amide bonds. The first-order valence-electron chi connectivity index (χ1n) is 7.70. The van der Waals surface area contributed by atoms with Crippen LogP contribution >= 0.6 is 0 Å². The van der Waals surface area contributed by atoms with Crippen molar-refractivity contribution in [2.45, 2.75) is 52.1 Å². The Hall–Kier alpha value is -1.02. The van der Waals surface area contributed by atoms with E-state index in [2.05, 4.69) is 43.4 Å². The van der Waals surface area contributed by atoms with Crippen LogP contribution in [0.5, 0.6) is 0 Å². The maximum Gasteiger partial charge on any atom is 0.0642 e. The normalized spacial score (nSPS) is 23.3. The second-order valence-corrected chi connectivity index (χ2v) is 5.73. The molecule has 1 fully saturated rings.